The van der Waals surface area contributed by atoms with Gasteiger partial charge in [0.1, 0.15) is 9.71 Å². The predicted octanol–water partition coefficient (Wildman–Crippen LogP) is 3.13. The van der Waals surface area contributed by atoms with Gasteiger partial charge in [-0.1, -0.05) is 11.6 Å². The molecule has 0 fully saturated rings. The minimum atomic E-state index is -0.323. The molecule has 2 heterocycles. The van der Waals surface area contributed by atoms with Crippen molar-refractivity contribution >= 4 is 39.1 Å². The number of thiophene rings is 1. The fraction of sp³-hybridized carbons (Fsp3) is 0.200. The highest BCUT2D eigenvalue weighted by atomic mass is 35.5. The Morgan fingerprint density at radius 3 is 3.13 bits per heavy atom. The monoisotopic (exact) mass is 241 g/mol. The van der Waals surface area contributed by atoms with Gasteiger partial charge in [-0.3, -0.25) is 0 Å². The van der Waals surface area contributed by atoms with Gasteiger partial charge in [0.2, 0.25) is 0 Å². The first-order valence-corrected chi connectivity index (χ1v) is 5.63. The zero-order valence-corrected chi connectivity index (χ0v) is 9.56. The Labute approximate surface area is 95.6 Å². The zero-order valence-electron chi connectivity index (χ0n) is 7.99. The second-order valence-electron chi connectivity index (χ2n) is 2.84. The summed E-state index contributed by atoms with van der Waals surface area (Å²) in [6.07, 6.45) is 1.62. The lowest BCUT2D eigenvalue weighted by Crippen LogP contribution is -2.01. The Bertz CT molecular complexity index is 509. The van der Waals surface area contributed by atoms with Gasteiger partial charge >= 0.3 is 5.97 Å². The summed E-state index contributed by atoms with van der Waals surface area (Å²) < 4.78 is 4.90. The van der Waals surface area contributed by atoms with Gasteiger partial charge in [-0.25, -0.2) is 9.78 Å². The SMILES string of the molecule is CCOC(=O)c1cc2c(Cl)ccnc2s1. The summed E-state index contributed by atoms with van der Waals surface area (Å²) in [4.78, 5) is 16.9. The number of hydrogen-bond donors (Lipinski definition) is 0. The molecule has 0 aliphatic rings. The second kappa shape index (κ2) is 4.16. The third kappa shape index (κ3) is 1.96. The molecule has 0 atom stereocenters. The fourth-order valence-electron chi connectivity index (χ4n) is 1.21. The first kappa shape index (κ1) is 10.4. The molecule has 15 heavy (non-hydrogen) atoms. The lowest BCUT2D eigenvalue weighted by molar-refractivity contribution is 0.0532. The third-order valence-electron chi connectivity index (χ3n) is 1.86. The van der Waals surface area contributed by atoms with E-state index in [1.165, 1.54) is 11.3 Å². The number of nitrogens with zero attached hydrogens (tertiary/aromatic N) is 1. The topological polar surface area (TPSA) is 39.2 Å². The van der Waals surface area contributed by atoms with Gasteiger partial charge in [0.25, 0.3) is 0 Å². The maximum Gasteiger partial charge on any atom is 0.348 e. The van der Waals surface area contributed by atoms with Crippen molar-refractivity contribution in [2.45, 2.75) is 6.92 Å². The minimum absolute atomic E-state index is 0.323. The van der Waals surface area contributed by atoms with Gasteiger partial charge in [0.15, 0.2) is 0 Å². The van der Waals surface area contributed by atoms with E-state index < -0.39 is 0 Å². The van der Waals surface area contributed by atoms with Crippen LogP contribution in [0, 0.1) is 0 Å². The average Bonchev–Trinajstić information content (AvgIpc) is 2.63. The van der Waals surface area contributed by atoms with Crippen molar-refractivity contribution in [2.24, 2.45) is 0 Å². The largest absolute Gasteiger partial charge is 0.462 e. The van der Waals surface area contributed by atoms with Crippen LogP contribution in [-0.4, -0.2) is 17.6 Å². The number of ether oxygens (including phenoxy) is 1. The van der Waals surface area contributed by atoms with Gasteiger partial charge < -0.3 is 4.74 Å². The summed E-state index contributed by atoms with van der Waals surface area (Å²) >= 11 is 7.26. The minimum Gasteiger partial charge on any atom is -0.462 e. The molecule has 0 unspecified atom stereocenters. The quantitative estimate of drug-likeness (QED) is 0.759. The number of fused-ring (bicyclic) bond motifs is 1. The number of rotatable bonds is 2. The molecule has 0 saturated heterocycles. The maximum atomic E-state index is 11.4. The van der Waals surface area contributed by atoms with E-state index in [0.29, 0.717) is 16.5 Å². The number of pyridine rings is 1. The highest BCUT2D eigenvalue weighted by molar-refractivity contribution is 7.20. The molecule has 0 saturated carbocycles. The molecular weight excluding hydrogens is 234 g/mol. The Morgan fingerprint density at radius 1 is 1.67 bits per heavy atom. The molecule has 0 spiro atoms. The summed E-state index contributed by atoms with van der Waals surface area (Å²) in [5.74, 6) is -0.323. The Balaban J connectivity index is 2.47. The molecular formula is C10H8ClNO2S. The van der Waals surface area contributed by atoms with Crippen LogP contribution in [0.1, 0.15) is 16.6 Å². The smallest absolute Gasteiger partial charge is 0.348 e. The van der Waals surface area contributed by atoms with E-state index in [9.17, 15) is 4.79 Å². The van der Waals surface area contributed by atoms with E-state index in [-0.39, 0.29) is 5.97 Å². The van der Waals surface area contributed by atoms with E-state index in [0.717, 1.165) is 10.2 Å². The predicted molar refractivity (Wildman–Crippen MR) is 60.6 cm³/mol. The molecule has 0 bridgehead atoms. The highest BCUT2D eigenvalue weighted by Gasteiger charge is 2.12. The van der Waals surface area contributed by atoms with Crippen LogP contribution in [0.5, 0.6) is 0 Å². The normalized spacial score (nSPS) is 10.5. The van der Waals surface area contributed by atoms with Crippen LogP contribution in [0.4, 0.5) is 0 Å². The van der Waals surface area contributed by atoms with E-state index in [1.54, 1.807) is 25.3 Å². The number of aromatic nitrogens is 1. The van der Waals surface area contributed by atoms with Gasteiger partial charge in [-0.2, -0.15) is 0 Å². The Hall–Kier alpha value is -1.13. The number of hydrogen-bond acceptors (Lipinski definition) is 4. The molecule has 0 N–H and O–H groups in total. The fourth-order valence-corrected chi connectivity index (χ4v) is 2.39. The summed E-state index contributed by atoms with van der Waals surface area (Å²) in [5, 5.41) is 1.40. The van der Waals surface area contributed by atoms with Crippen LogP contribution in [0.3, 0.4) is 0 Å². The average molecular weight is 242 g/mol. The van der Waals surface area contributed by atoms with Gasteiger partial charge in [0, 0.05) is 11.6 Å². The van der Waals surface area contributed by atoms with Crippen LogP contribution in [-0.2, 0) is 4.74 Å². The van der Waals surface area contributed by atoms with Gasteiger partial charge in [-0.05, 0) is 19.1 Å². The Morgan fingerprint density at radius 2 is 2.47 bits per heavy atom. The number of esters is 1. The summed E-state index contributed by atoms with van der Waals surface area (Å²) in [5.41, 5.74) is 0. The Kier molecular flexibility index (Phi) is 2.88. The van der Waals surface area contributed by atoms with E-state index >= 15 is 0 Å². The van der Waals surface area contributed by atoms with E-state index in [2.05, 4.69) is 4.98 Å². The molecule has 2 rings (SSSR count). The first-order valence-electron chi connectivity index (χ1n) is 4.43. The van der Waals surface area contributed by atoms with Gasteiger partial charge in [-0.15, -0.1) is 11.3 Å². The van der Waals surface area contributed by atoms with Crippen molar-refractivity contribution in [3.8, 4) is 0 Å². The lowest BCUT2D eigenvalue weighted by Gasteiger charge is -1.95. The maximum absolute atomic E-state index is 11.4. The van der Waals surface area contributed by atoms with E-state index in [1.807, 2.05) is 0 Å². The van der Waals surface area contributed by atoms with Crippen LogP contribution in [0.15, 0.2) is 18.3 Å². The molecule has 0 amide bonds. The lowest BCUT2D eigenvalue weighted by atomic mass is 10.3. The van der Waals surface area contributed by atoms with Crippen LogP contribution in [0.2, 0.25) is 5.02 Å². The first-order chi connectivity index (χ1) is 7.22. The second-order valence-corrected chi connectivity index (χ2v) is 4.28. The van der Waals surface area contributed by atoms with E-state index in [4.69, 9.17) is 16.3 Å². The molecule has 3 nitrogen and oxygen atoms in total. The van der Waals surface area contributed by atoms with Crippen molar-refractivity contribution in [1.29, 1.82) is 0 Å². The van der Waals surface area contributed by atoms with Crippen molar-refractivity contribution in [1.82, 2.24) is 4.98 Å². The molecule has 0 aliphatic carbocycles. The summed E-state index contributed by atoms with van der Waals surface area (Å²) in [7, 11) is 0. The summed E-state index contributed by atoms with van der Waals surface area (Å²) in [6, 6.07) is 3.42. The van der Waals surface area contributed by atoms with Crippen molar-refractivity contribution in [2.75, 3.05) is 6.61 Å². The standard InChI is InChI=1S/C10H8ClNO2S/c1-2-14-10(13)8-5-6-7(11)3-4-12-9(6)15-8/h3-5H,2H2,1H3. The van der Waals surface area contributed by atoms with Crippen LogP contribution in [0.25, 0.3) is 10.2 Å². The molecule has 78 valence electrons. The number of carbonyl (C=O) groups is 1. The van der Waals surface area contributed by atoms with Crippen molar-refractivity contribution < 1.29 is 9.53 Å². The highest BCUT2D eigenvalue weighted by Crippen LogP contribution is 2.29. The molecule has 2 aromatic heterocycles. The third-order valence-corrected chi connectivity index (χ3v) is 3.21. The van der Waals surface area contributed by atoms with Crippen molar-refractivity contribution in [3.05, 3.63) is 28.2 Å². The molecule has 2 aromatic rings. The van der Waals surface area contributed by atoms with Crippen LogP contribution >= 0.6 is 22.9 Å². The molecule has 0 aliphatic heterocycles. The van der Waals surface area contributed by atoms with Crippen molar-refractivity contribution in [3.63, 3.8) is 0 Å². The zero-order chi connectivity index (χ0) is 10.8. The number of halogens is 1. The molecule has 0 radical (unpaired) electrons. The van der Waals surface area contributed by atoms with Gasteiger partial charge in [0.05, 0.1) is 11.6 Å². The number of carbonyl (C=O) groups excluding carboxylic acids is 1. The summed E-state index contributed by atoms with van der Waals surface area (Å²) in [6.45, 7) is 2.14. The molecule has 5 heteroatoms. The van der Waals surface area contributed by atoms with Crippen LogP contribution < -0.4 is 0 Å². The molecule has 0 aromatic carbocycles.